The number of hydrogen-bond donors (Lipinski definition) is 1. The number of hydrogen-bond acceptors (Lipinski definition) is 4. The Labute approximate surface area is 230 Å². The lowest BCUT2D eigenvalue weighted by molar-refractivity contribution is -0.117. The number of rotatable bonds is 5. The largest absolute Gasteiger partial charge is 0.322 e. The molecule has 1 unspecified atom stereocenters. The van der Waals surface area contributed by atoms with E-state index in [1.165, 1.54) is 11.8 Å². The predicted molar refractivity (Wildman–Crippen MR) is 158 cm³/mol. The second-order valence-electron chi connectivity index (χ2n) is 9.01. The van der Waals surface area contributed by atoms with Crippen LogP contribution in [0.4, 0.5) is 17.1 Å². The molecule has 2 amide bonds. The summed E-state index contributed by atoms with van der Waals surface area (Å²) in [5.74, 6) is -0.121. The molecule has 0 bridgehead atoms. The molecule has 1 aliphatic heterocycles. The van der Waals surface area contributed by atoms with Crippen LogP contribution in [0.5, 0.6) is 0 Å². The van der Waals surface area contributed by atoms with Gasteiger partial charge in [0.25, 0.3) is 5.91 Å². The zero-order valence-electron chi connectivity index (χ0n) is 20.6. The Hall–Kier alpha value is -4.00. The monoisotopic (exact) mass is 532 g/mol. The van der Waals surface area contributed by atoms with Gasteiger partial charge in [0, 0.05) is 25.9 Å². The molecule has 0 saturated heterocycles. The number of benzene rings is 5. The lowest BCUT2D eigenvalue weighted by Crippen LogP contribution is -2.34. The van der Waals surface area contributed by atoms with Crippen LogP contribution in [0.2, 0.25) is 0 Å². The van der Waals surface area contributed by atoms with Crippen molar-refractivity contribution >= 4 is 63.2 Å². The first kappa shape index (κ1) is 24.3. The van der Waals surface area contributed by atoms with E-state index in [9.17, 15) is 9.59 Å². The van der Waals surface area contributed by atoms with Crippen molar-refractivity contribution in [2.45, 2.75) is 26.9 Å². The van der Waals surface area contributed by atoms with E-state index < -0.39 is 0 Å². The number of carbonyl (C=O) groups is 2. The highest BCUT2D eigenvalue weighted by molar-refractivity contribution is 8.00. The molecule has 6 rings (SSSR count). The summed E-state index contributed by atoms with van der Waals surface area (Å²) in [5.41, 5.74) is 3.16. The second kappa shape index (κ2) is 10.4. The first-order valence-electron chi connectivity index (χ1n) is 12.3. The number of amides is 2. The van der Waals surface area contributed by atoms with Gasteiger partial charge in [0.05, 0.1) is 16.6 Å². The van der Waals surface area contributed by atoms with Gasteiger partial charge in [-0.25, -0.2) is 0 Å². The molecular weight excluding hydrogens is 508 g/mol. The third kappa shape index (κ3) is 4.80. The first-order chi connectivity index (χ1) is 18.6. The number of anilines is 3. The van der Waals surface area contributed by atoms with Crippen molar-refractivity contribution in [2.24, 2.45) is 0 Å². The second-order valence-corrected chi connectivity index (χ2v) is 11.5. The topological polar surface area (TPSA) is 49.4 Å². The van der Waals surface area contributed by atoms with Gasteiger partial charge in [-0.1, -0.05) is 66.4 Å². The summed E-state index contributed by atoms with van der Waals surface area (Å²) in [4.78, 5) is 31.5. The van der Waals surface area contributed by atoms with Crippen LogP contribution in [-0.2, 0) is 4.79 Å². The van der Waals surface area contributed by atoms with Crippen molar-refractivity contribution in [2.75, 3.05) is 10.2 Å². The van der Waals surface area contributed by atoms with Crippen LogP contribution in [0, 0.1) is 0 Å². The van der Waals surface area contributed by atoms with Gasteiger partial charge in [-0.3, -0.25) is 14.5 Å². The molecule has 1 N–H and O–H groups in total. The molecule has 6 heteroatoms. The lowest BCUT2D eigenvalue weighted by Gasteiger charge is -2.32. The van der Waals surface area contributed by atoms with Gasteiger partial charge in [0.15, 0.2) is 0 Å². The average Bonchev–Trinajstić information content (AvgIpc) is 2.96. The van der Waals surface area contributed by atoms with Gasteiger partial charge in [-0.2, -0.15) is 0 Å². The fraction of sp³-hybridized carbons (Fsp3) is 0.0625. The summed E-state index contributed by atoms with van der Waals surface area (Å²) in [5, 5.41) is 4.80. The summed E-state index contributed by atoms with van der Waals surface area (Å²) in [6.45, 7) is 1.94. The number of nitrogens with zero attached hydrogens (tertiary/aromatic N) is 1. The van der Waals surface area contributed by atoms with Crippen LogP contribution in [0.15, 0.2) is 130 Å². The molecule has 0 radical (unpaired) electrons. The molecule has 5 aromatic carbocycles. The van der Waals surface area contributed by atoms with Crippen molar-refractivity contribution in [3.8, 4) is 0 Å². The minimum atomic E-state index is -0.308. The molecule has 38 heavy (non-hydrogen) atoms. The van der Waals surface area contributed by atoms with Crippen LogP contribution in [0.25, 0.3) is 10.8 Å². The number of fused-ring (bicyclic) bond motifs is 3. The van der Waals surface area contributed by atoms with Gasteiger partial charge < -0.3 is 5.32 Å². The van der Waals surface area contributed by atoms with E-state index in [1.807, 2.05) is 115 Å². The van der Waals surface area contributed by atoms with Crippen LogP contribution in [-0.4, -0.2) is 17.1 Å². The molecule has 0 spiro atoms. The Bertz CT molecular complexity index is 1620. The van der Waals surface area contributed by atoms with Crippen LogP contribution >= 0.6 is 23.5 Å². The zero-order chi connectivity index (χ0) is 26.1. The Balaban J connectivity index is 1.16. The molecule has 0 saturated carbocycles. The molecule has 4 nitrogen and oxygen atoms in total. The molecule has 0 fully saturated rings. The number of nitrogens with one attached hydrogen (secondary N) is 1. The van der Waals surface area contributed by atoms with Crippen molar-refractivity contribution in [3.05, 3.63) is 121 Å². The van der Waals surface area contributed by atoms with E-state index in [0.29, 0.717) is 11.3 Å². The van der Waals surface area contributed by atoms with Crippen molar-refractivity contribution in [3.63, 3.8) is 0 Å². The van der Waals surface area contributed by atoms with E-state index >= 15 is 0 Å². The van der Waals surface area contributed by atoms with Crippen LogP contribution in [0.3, 0.4) is 0 Å². The number of para-hydroxylation sites is 2. The van der Waals surface area contributed by atoms with E-state index in [2.05, 4.69) is 17.4 Å². The highest BCUT2D eigenvalue weighted by atomic mass is 32.2. The SMILES string of the molecule is CC(Sc1ccc(NC(=O)c2ccc3ccccc3c2)cc1)C(=O)N1c2ccccc2Sc2ccccc21. The minimum Gasteiger partial charge on any atom is -0.322 e. The lowest BCUT2D eigenvalue weighted by atomic mass is 10.1. The molecule has 0 aliphatic carbocycles. The van der Waals surface area contributed by atoms with Crippen molar-refractivity contribution in [1.29, 1.82) is 0 Å². The average molecular weight is 533 g/mol. The number of thioether (sulfide) groups is 1. The summed E-state index contributed by atoms with van der Waals surface area (Å²) < 4.78 is 0. The highest BCUT2D eigenvalue weighted by Gasteiger charge is 2.31. The first-order valence-corrected chi connectivity index (χ1v) is 14.0. The highest BCUT2D eigenvalue weighted by Crippen LogP contribution is 2.48. The summed E-state index contributed by atoms with van der Waals surface area (Å²) in [7, 11) is 0. The van der Waals surface area contributed by atoms with Gasteiger partial charge in [-0.05, 0) is 78.4 Å². The van der Waals surface area contributed by atoms with Crippen LogP contribution < -0.4 is 10.2 Å². The third-order valence-corrected chi connectivity index (χ3v) is 8.67. The maximum atomic E-state index is 13.7. The van der Waals surface area contributed by atoms with Gasteiger partial charge in [0.2, 0.25) is 5.91 Å². The Morgan fingerprint density at radius 2 is 1.34 bits per heavy atom. The molecule has 186 valence electrons. The Morgan fingerprint density at radius 3 is 2.03 bits per heavy atom. The fourth-order valence-electron chi connectivity index (χ4n) is 4.53. The van der Waals surface area contributed by atoms with E-state index in [-0.39, 0.29) is 17.1 Å². The molecule has 0 aromatic heterocycles. The van der Waals surface area contributed by atoms with Gasteiger partial charge in [0.1, 0.15) is 0 Å². The predicted octanol–water partition coefficient (Wildman–Crippen LogP) is 8.40. The molecule has 1 heterocycles. The Kier molecular flexibility index (Phi) is 6.66. The molecular formula is C32H24N2O2S2. The summed E-state index contributed by atoms with van der Waals surface area (Å²) in [6.07, 6.45) is 0. The van der Waals surface area contributed by atoms with E-state index in [4.69, 9.17) is 0 Å². The van der Waals surface area contributed by atoms with Crippen molar-refractivity contribution in [1.82, 2.24) is 0 Å². The maximum absolute atomic E-state index is 13.7. The smallest absolute Gasteiger partial charge is 0.255 e. The van der Waals surface area contributed by atoms with Crippen LogP contribution in [0.1, 0.15) is 17.3 Å². The minimum absolute atomic E-state index is 0.0314. The van der Waals surface area contributed by atoms with E-state index in [0.717, 1.165) is 36.8 Å². The van der Waals surface area contributed by atoms with E-state index in [1.54, 1.807) is 11.8 Å². The quantitative estimate of drug-likeness (QED) is 0.231. The fourth-order valence-corrected chi connectivity index (χ4v) is 6.49. The van der Waals surface area contributed by atoms with Crippen molar-refractivity contribution < 1.29 is 9.59 Å². The van der Waals surface area contributed by atoms with Gasteiger partial charge in [-0.15, -0.1) is 11.8 Å². The Morgan fingerprint density at radius 1 is 0.737 bits per heavy atom. The normalized spacial score (nSPS) is 12.9. The standard InChI is InChI=1S/C32H24N2O2S2/c1-21(32(36)34-27-10-4-6-12-29(27)38-30-13-7-5-11-28(30)34)37-26-18-16-25(17-19-26)33-31(35)24-15-14-22-8-2-3-9-23(22)20-24/h2-21H,1H3,(H,33,35). The maximum Gasteiger partial charge on any atom is 0.255 e. The zero-order valence-corrected chi connectivity index (χ0v) is 22.3. The van der Waals surface area contributed by atoms with Gasteiger partial charge >= 0.3 is 0 Å². The molecule has 1 atom stereocenters. The molecule has 1 aliphatic rings. The third-order valence-electron chi connectivity index (χ3n) is 6.44. The number of carbonyl (C=O) groups excluding carboxylic acids is 2. The summed E-state index contributed by atoms with van der Waals surface area (Å²) >= 11 is 3.20. The summed E-state index contributed by atoms with van der Waals surface area (Å²) in [6, 6.07) is 37.4. The molecule has 5 aromatic rings.